The van der Waals surface area contributed by atoms with Crippen molar-refractivity contribution in [2.75, 3.05) is 38.7 Å². The Labute approximate surface area is 86.6 Å². The van der Waals surface area contributed by atoms with Crippen LogP contribution in [0.5, 0.6) is 0 Å². The third kappa shape index (κ3) is 4.39. The van der Waals surface area contributed by atoms with E-state index in [-0.39, 0.29) is 5.75 Å². The van der Waals surface area contributed by atoms with Crippen molar-refractivity contribution in [3.8, 4) is 0 Å². The molecule has 1 aliphatic heterocycles. The summed E-state index contributed by atoms with van der Waals surface area (Å²) in [6, 6.07) is 0.554. The predicted molar refractivity (Wildman–Crippen MR) is 58.2 cm³/mol. The molecule has 0 amide bonds. The quantitative estimate of drug-likeness (QED) is 0.707. The summed E-state index contributed by atoms with van der Waals surface area (Å²) < 4.78 is 22.0. The Morgan fingerprint density at radius 1 is 1.36 bits per heavy atom. The minimum atomic E-state index is -2.82. The topological polar surface area (TPSA) is 49.4 Å². The van der Waals surface area contributed by atoms with Gasteiger partial charge in [0.15, 0.2) is 0 Å². The van der Waals surface area contributed by atoms with Crippen molar-refractivity contribution in [1.29, 1.82) is 0 Å². The largest absolute Gasteiger partial charge is 0.317 e. The van der Waals surface area contributed by atoms with E-state index in [1.807, 2.05) is 7.05 Å². The van der Waals surface area contributed by atoms with Crippen LogP contribution in [0.3, 0.4) is 0 Å². The van der Waals surface area contributed by atoms with E-state index >= 15 is 0 Å². The normalized spacial score (nSPS) is 20.2. The van der Waals surface area contributed by atoms with Gasteiger partial charge in [-0.15, -0.1) is 0 Å². The number of rotatable bonds is 4. The maximum atomic E-state index is 11.0. The Morgan fingerprint density at radius 2 is 1.93 bits per heavy atom. The van der Waals surface area contributed by atoms with Crippen LogP contribution in [0.1, 0.15) is 12.8 Å². The van der Waals surface area contributed by atoms with E-state index in [1.165, 1.54) is 6.26 Å². The number of hydrogen-bond donors (Lipinski definition) is 1. The van der Waals surface area contributed by atoms with E-state index in [0.717, 1.165) is 25.9 Å². The van der Waals surface area contributed by atoms with Gasteiger partial charge in [-0.3, -0.25) is 0 Å². The van der Waals surface area contributed by atoms with Crippen molar-refractivity contribution < 1.29 is 8.42 Å². The molecule has 1 aliphatic rings. The van der Waals surface area contributed by atoms with Crippen LogP contribution in [0.4, 0.5) is 0 Å². The highest BCUT2D eigenvalue weighted by Crippen LogP contribution is 2.09. The summed E-state index contributed by atoms with van der Waals surface area (Å²) >= 11 is 0. The van der Waals surface area contributed by atoms with Crippen LogP contribution in [0, 0.1) is 0 Å². The van der Waals surface area contributed by atoms with E-state index in [1.54, 1.807) is 0 Å². The first-order valence-corrected chi connectivity index (χ1v) is 7.14. The molecule has 0 saturated carbocycles. The van der Waals surface area contributed by atoms with E-state index in [0.29, 0.717) is 12.6 Å². The van der Waals surface area contributed by atoms with Crippen LogP contribution < -0.4 is 5.32 Å². The number of sulfone groups is 1. The molecule has 0 radical (unpaired) electrons. The first-order chi connectivity index (χ1) is 6.49. The first-order valence-electron chi connectivity index (χ1n) is 5.08. The second kappa shape index (κ2) is 5.09. The molecule has 0 aromatic carbocycles. The minimum Gasteiger partial charge on any atom is -0.317 e. The molecule has 0 atom stereocenters. The second-order valence-corrected chi connectivity index (χ2v) is 6.35. The third-order valence-electron chi connectivity index (χ3n) is 2.75. The van der Waals surface area contributed by atoms with Crippen LogP contribution in [-0.2, 0) is 9.84 Å². The third-order valence-corrected chi connectivity index (χ3v) is 3.67. The van der Waals surface area contributed by atoms with Gasteiger partial charge in [-0.05, 0) is 33.0 Å². The monoisotopic (exact) mass is 220 g/mol. The van der Waals surface area contributed by atoms with Gasteiger partial charge < -0.3 is 10.2 Å². The smallest absolute Gasteiger partial charge is 0.148 e. The zero-order chi connectivity index (χ0) is 10.6. The molecule has 0 aliphatic carbocycles. The van der Waals surface area contributed by atoms with Gasteiger partial charge in [0.25, 0.3) is 0 Å². The number of hydrogen-bond acceptors (Lipinski definition) is 4. The molecule has 1 fully saturated rings. The molecule has 0 unspecified atom stereocenters. The van der Waals surface area contributed by atoms with Gasteiger partial charge in [0, 0.05) is 18.8 Å². The molecule has 0 aromatic heterocycles. The summed E-state index contributed by atoms with van der Waals surface area (Å²) in [5, 5.41) is 3.30. The van der Waals surface area contributed by atoms with E-state index in [4.69, 9.17) is 0 Å². The Hall–Kier alpha value is -0.130. The van der Waals surface area contributed by atoms with Crippen LogP contribution >= 0.6 is 0 Å². The van der Waals surface area contributed by atoms with Gasteiger partial charge in [-0.2, -0.15) is 0 Å². The van der Waals surface area contributed by atoms with Gasteiger partial charge in [-0.1, -0.05) is 0 Å². The lowest BCUT2D eigenvalue weighted by Crippen LogP contribution is -2.42. The summed E-state index contributed by atoms with van der Waals surface area (Å²) in [6.07, 6.45) is 3.55. The predicted octanol–water partition coefficient (Wildman–Crippen LogP) is -0.285. The number of piperidine rings is 1. The molecule has 1 rings (SSSR count). The van der Waals surface area contributed by atoms with Crippen molar-refractivity contribution in [2.24, 2.45) is 0 Å². The highest BCUT2D eigenvalue weighted by atomic mass is 32.2. The van der Waals surface area contributed by atoms with Crippen molar-refractivity contribution in [3.05, 3.63) is 0 Å². The van der Waals surface area contributed by atoms with E-state index < -0.39 is 9.84 Å². The molecule has 1 heterocycles. The zero-order valence-electron chi connectivity index (χ0n) is 8.99. The average molecular weight is 220 g/mol. The van der Waals surface area contributed by atoms with Crippen molar-refractivity contribution in [1.82, 2.24) is 10.2 Å². The maximum Gasteiger partial charge on any atom is 0.148 e. The summed E-state index contributed by atoms with van der Waals surface area (Å²) in [7, 11) is -0.800. The molecule has 5 heteroatoms. The molecule has 84 valence electrons. The highest BCUT2D eigenvalue weighted by molar-refractivity contribution is 7.90. The highest BCUT2D eigenvalue weighted by Gasteiger charge is 2.18. The number of nitrogens with one attached hydrogen (secondary N) is 1. The Balaban J connectivity index is 2.30. The Morgan fingerprint density at radius 3 is 2.43 bits per heavy atom. The molecule has 1 saturated heterocycles. The van der Waals surface area contributed by atoms with E-state index in [9.17, 15) is 8.42 Å². The summed E-state index contributed by atoms with van der Waals surface area (Å²) in [5.74, 6) is 0.271. The summed E-state index contributed by atoms with van der Waals surface area (Å²) in [4.78, 5) is 2.17. The van der Waals surface area contributed by atoms with Crippen LogP contribution in [-0.4, -0.2) is 58.1 Å². The molecule has 0 spiro atoms. The van der Waals surface area contributed by atoms with Crippen LogP contribution in [0.15, 0.2) is 0 Å². The summed E-state index contributed by atoms with van der Waals surface area (Å²) in [5.41, 5.74) is 0. The standard InChI is InChI=1S/C9H20N2O2S/c1-11(7-8-14(2,12)13)9-3-5-10-6-4-9/h9-10H,3-8H2,1-2H3. The fraction of sp³-hybridized carbons (Fsp3) is 1.00. The van der Waals surface area contributed by atoms with Gasteiger partial charge in [-0.25, -0.2) is 8.42 Å². The Bertz CT molecular complexity index is 258. The molecule has 14 heavy (non-hydrogen) atoms. The summed E-state index contributed by atoms with van der Waals surface area (Å²) in [6.45, 7) is 2.76. The lowest BCUT2D eigenvalue weighted by Gasteiger charge is -2.31. The molecular formula is C9H20N2O2S. The fourth-order valence-corrected chi connectivity index (χ4v) is 2.36. The van der Waals surface area contributed by atoms with Gasteiger partial charge >= 0.3 is 0 Å². The minimum absolute atomic E-state index is 0.271. The molecule has 4 nitrogen and oxygen atoms in total. The van der Waals surface area contributed by atoms with Gasteiger partial charge in [0.2, 0.25) is 0 Å². The SMILES string of the molecule is CN(CCS(C)(=O)=O)C1CCNCC1. The van der Waals surface area contributed by atoms with Crippen molar-refractivity contribution in [2.45, 2.75) is 18.9 Å². The van der Waals surface area contributed by atoms with Crippen molar-refractivity contribution >= 4 is 9.84 Å². The lowest BCUT2D eigenvalue weighted by molar-refractivity contribution is 0.209. The van der Waals surface area contributed by atoms with Gasteiger partial charge in [0.05, 0.1) is 5.75 Å². The number of nitrogens with zero attached hydrogens (tertiary/aromatic N) is 1. The molecule has 0 aromatic rings. The fourth-order valence-electron chi connectivity index (χ4n) is 1.74. The van der Waals surface area contributed by atoms with Crippen molar-refractivity contribution in [3.63, 3.8) is 0 Å². The second-order valence-electron chi connectivity index (χ2n) is 4.09. The maximum absolute atomic E-state index is 11.0. The van der Waals surface area contributed by atoms with Crippen LogP contribution in [0.2, 0.25) is 0 Å². The Kier molecular flexibility index (Phi) is 4.34. The van der Waals surface area contributed by atoms with E-state index in [2.05, 4.69) is 10.2 Å². The molecular weight excluding hydrogens is 200 g/mol. The van der Waals surface area contributed by atoms with Gasteiger partial charge in [0.1, 0.15) is 9.84 Å². The van der Waals surface area contributed by atoms with Crippen LogP contribution in [0.25, 0.3) is 0 Å². The average Bonchev–Trinajstić information content (AvgIpc) is 2.14. The first kappa shape index (κ1) is 11.9. The molecule has 1 N–H and O–H groups in total. The lowest BCUT2D eigenvalue weighted by atomic mass is 10.1. The zero-order valence-corrected chi connectivity index (χ0v) is 9.81. The molecule has 0 bridgehead atoms.